The Labute approximate surface area is 107 Å². The number of hydrogen-bond acceptors (Lipinski definition) is 1. The lowest BCUT2D eigenvalue weighted by molar-refractivity contribution is -0.138. The van der Waals surface area contributed by atoms with Crippen LogP contribution in [0.5, 0.6) is 0 Å². The highest BCUT2D eigenvalue weighted by Crippen LogP contribution is 2.34. The maximum atomic E-state index is 13.3. The molecule has 0 spiro atoms. The van der Waals surface area contributed by atoms with Crippen molar-refractivity contribution in [3.8, 4) is 0 Å². The Morgan fingerprint density at radius 1 is 1.35 bits per heavy atom. The second-order valence-electron chi connectivity index (χ2n) is 3.52. The molecule has 0 aliphatic heterocycles. The molecule has 0 heterocycles. The molecule has 7 heteroatoms. The molecule has 0 bridgehead atoms. The number of aryl methyl sites for hydroxylation is 1. The summed E-state index contributed by atoms with van der Waals surface area (Å²) >= 11 is 5.73. The van der Waals surface area contributed by atoms with Crippen molar-refractivity contribution in [1.29, 1.82) is 0 Å². The quantitative estimate of drug-likeness (QED) is 0.814. The van der Waals surface area contributed by atoms with Gasteiger partial charge in [-0.15, -0.1) is 12.4 Å². The average molecular weight is 292 g/mol. The van der Waals surface area contributed by atoms with Crippen LogP contribution >= 0.6 is 24.0 Å². The van der Waals surface area contributed by atoms with Gasteiger partial charge in [-0.1, -0.05) is 17.7 Å². The highest BCUT2D eigenvalue weighted by atomic mass is 35.5. The average Bonchev–Trinajstić information content (AvgIpc) is 2.09. The van der Waals surface area contributed by atoms with Gasteiger partial charge >= 0.3 is 6.18 Å². The molecule has 0 saturated heterocycles. The standard InChI is InChI=1S/C10H10ClF4N.ClH/c1-5-2-3-6(12)8(9(5)11)7(16)4-10(13,14)15;/h2-3,7H,4,16H2,1H3;1H/t7-;/m1./s1. The topological polar surface area (TPSA) is 26.0 Å². The zero-order valence-corrected chi connectivity index (χ0v) is 10.4. The van der Waals surface area contributed by atoms with E-state index in [0.717, 1.165) is 6.07 Å². The first-order valence-electron chi connectivity index (χ1n) is 4.49. The Bertz CT molecular complexity index is 393. The molecule has 2 N–H and O–H groups in total. The molecule has 1 aromatic rings. The second-order valence-corrected chi connectivity index (χ2v) is 3.90. The lowest BCUT2D eigenvalue weighted by Crippen LogP contribution is -2.21. The molecular weight excluding hydrogens is 281 g/mol. The summed E-state index contributed by atoms with van der Waals surface area (Å²) in [5.74, 6) is -0.813. The van der Waals surface area contributed by atoms with Crippen LogP contribution in [0.15, 0.2) is 12.1 Å². The molecule has 17 heavy (non-hydrogen) atoms. The van der Waals surface area contributed by atoms with E-state index in [1.165, 1.54) is 6.07 Å². The fourth-order valence-electron chi connectivity index (χ4n) is 1.37. The summed E-state index contributed by atoms with van der Waals surface area (Å²) in [5.41, 5.74) is 5.52. The third-order valence-corrected chi connectivity index (χ3v) is 2.64. The monoisotopic (exact) mass is 291 g/mol. The zero-order valence-electron chi connectivity index (χ0n) is 8.81. The summed E-state index contributed by atoms with van der Waals surface area (Å²) in [5, 5.41) is -0.0447. The molecule has 0 radical (unpaired) electrons. The third-order valence-electron chi connectivity index (χ3n) is 2.14. The van der Waals surface area contributed by atoms with Crippen LogP contribution in [0, 0.1) is 12.7 Å². The maximum Gasteiger partial charge on any atom is 0.390 e. The minimum absolute atomic E-state index is 0. The molecule has 1 aromatic carbocycles. The highest BCUT2D eigenvalue weighted by Gasteiger charge is 2.33. The van der Waals surface area contributed by atoms with E-state index >= 15 is 0 Å². The fraction of sp³-hybridized carbons (Fsp3) is 0.400. The van der Waals surface area contributed by atoms with Crippen LogP contribution in [0.3, 0.4) is 0 Å². The van der Waals surface area contributed by atoms with Crippen LogP contribution in [0.25, 0.3) is 0 Å². The third kappa shape index (κ3) is 4.33. The highest BCUT2D eigenvalue weighted by molar-refractivity contribution is 6.32. The molecule has 0 unspecified atom stereocenters. The van der Waals surface area contributed by atoms with E-state index in [1.807, 2.05) is 0 Å². The van der Waals surface area contributed by atoms with Crippen molar-refractivity contribution in [2.24, 2.45) is 5.73 Å². The number of halogens is 6. The largest absolute Gasteiger partial charge is 0.390 e. The molecule has 1 nitrogen and oxygen atoms in total. The van der Waals surface area contributed by atoms with Gasteiger partial charge in [0, 0.05) is 11.6 Å². The van der Waals surface area contributed by atoms with Gasteiger partial charge < -0.3 is 5.73 Å². The predicted octanol–water partition coefficient (Wildman–Crippen LogP) is 4.16. The SMILES string of the molecule is Cc1ccc(F)c([C@H](N)CC(F)(F)F)c1Cl.Cl. The first-order valence-corrected chi connectivity index (χ1v) is 4.87. The second kappa shape index (κ2) is 5.89. The molecule has 0 fully saturated rings. The van der Waals surface area contributed by atoms with E-state index in [9.17, 15) is 17.6 Å². The number of benzene rings is 1. The van der Waals surface area contributed by atoms with Crippen molar-refractivity contribution in [2.75, 3.05) is 0 Å². The van der Waals surface area contributed by atoms with Gasteiger partial charge in [-0.3, -0.25) is 0 Å². The first kappa shape index (κ1) is 16.5. The molecule has 98 valence electrons. The van der Waals surface area contributed by atoms with Crippen molar-refractivity contribution in [2.45, 2.75) is 25.6 Å². The Hall–Kier alpha value is -0.520. The minimum atomic E-state index is -4.45. The first-order chi connectivity index (χ1) is 7.22. The smallest absolute Gasteiger partial charge is 0.324 e. The Morgan fingerprint density at radius 2 is 1.88 bits per heavy atom. The van der Waals surface area contributed by atoms with Crippen LogP contribution in [-0.4, -0.2) is 6.18 Å². The summed E-state index contributed by atoms with van der Waals surface area (Å²) < 4.78 is 49.7. The Kier molecular flexibility index (Phi) is 5.71. The summed E-state index contributed by atoms with van der Waals surface area (Å²) in [7, 11) is 0. The van der Waals surface area contributed by atoms with E-state index in [4.69, 9.17) is 17.3 Å². The van der Waals surface area contributed by atoms with Gasteiger partial charge in [0.05, 0.1) is 11.4 Å². The van der Waals surface area contributed by atoms with E-state index in [0.29, 0.717) is 5.56 Å². The summed E-state index contributed by atoms with van der Waals surface area (Å²) in [4.78, 5) is 0. The Morgan fingerprint density at radius 3 is 2.35 bits per heavy atom. The molecule has 0 aliphatic rings. The van der Waals surface area contributed by atoms with Crippen molar-refractivity contribution >= 4 is 24.0 Å². The number of alkyl halides is 3. The van der Waals surface area contributed by atoms with E-state index in [-0.39, 0.29) is 23.0 Å². The van der Waals surface area contributed by atoms with Gasteiger partial charge in [0.1, 0.15) is 5.82 Å². The van der Waals surface area contributed by atoms with Crippen molar-refractivity contribution in [1.82, 2.24) is 0 Å². The minimum Gasteiger partial charge on any atom is -0.324 e. The zero-order chi connectivity index (χ0) is 12.5. The van der Waals surface area contributed by atoms with Crippen molar-refractivity contribution < 1.29 is 17.6 Å². The normalized spacial score (nSPS) is 13.1. The molecule has 0 saturated carbocycles. The molecule has 1 rings (SSSR count). The van der Waals surface area contributed by atoms with E-state index in [2.05, 4.69) is 0 Å². The molecule has 0 aromatic heterocycles. The van der Waals surface area contributed by atoms with E-state index < -0.39 is 24.5 Å². The lowest BCUT2D eigenvalue weighted by Gasteiger charge is -2.17. The van der Waals surface area contributed by atoms with Gasteiger partial charge in [-0.05, 0) is 18.6 Å². The van der Waals surface area contributed by atoms with Gasteiger partial charge in [-0.2, -0.15) is 13.2 Å². The number of rotatable bonds is 2. The van der Waals surface area contributed by atoms with Crippen LogP contribution in [0.1, 0.15) is 23.6 Å². The van der Waals surface area contributed by atoms with Crippen LogP contribution in [-0.2, 0) is 0 Å². The van der Waals surface area contributed by atoms with Crippen LogP contribution in [0.2, 0.25) is 5.02 Å². The van der Waals surface area contributed by atoms with Crippen LogP contribution in [0.4, 0.5) is 17.6 Å². The van der Waals surface area contributed by atoms with Gasteiger partial charge in [-0.25, -0.2) is 4.39 Å². The summed E-state index contributed by atoms with van der Waals surface area (Å²) in [6.45, 7) is 1.57. The summed E-state index contributed by atoms with van der Waals surface area (Å²) in [6, 6.07) is 0.973. The van der Waals surface area contributed by atoms with E-state index in [1.54, 1.807) is 6.92 Å². The van der Waals surface area contributed by atoms with Gasteiger partial charge in [0.2, 0.25) is 0 Å². The summed E-state index contributed by atoms with van der Waals surface area (Å²) in [6.07, 6.45) is -5.74. The maximum absolute atomic E-state index is 13.3. The van der Waals surface area contributed by atoms with Crippen molar-refractivity contribution in [3.63, 3.8) is 0 Å². The molecular formula is C10H11Cl2F4N. The van der Waals surface area contributed by atoms with Gasteiger partial charge in [0.15, 0.2) is 0 Å². The van der Waals surface area contributed by atoms with Gasteiger partial charge in [0.25, 0.3) is 0 Å². The molecule has 1 atom stereocenters. The van der Waals surface area contributed by atoms with Crippen LogP contribution < -0.4 is 5.73 Å². The number of hydrogen-bond donors (Lipinski definition) is 1. The lowest BCUT2D eigenvalue weighted by atomic mass is 10.0. The molecule has 0 aliphatic carbocycles. The molecule has 0 amide bonds. The Balaban J connectivity index is 0.00000256. The van der Waals surface area contributed by atoms with Crippen molar-refractivity contribution in [3.05, 3.63) is 34.1 Å². The predicted molar refractivity (Wildman–Crippen MR) is 61.0 cm³/mol. The fourth-order valence-corrected chi connectivity index (χ4v) is 1.66. The number of nitrogens with two attached hydrogens (primary N) is 1.